The zero-order valence-electron chi connectivity index (χ0n) is 12.2. The fraction of sp³-hybridized carbons (Fsp3) is 0.812. The van der Waals surface area contributed by atoms with E-state index >= 15 is 0 Å². The van der Waals surface area contributed by atoms with Gasteiger partial charge in [-0.2, -0.15) is 0 Å². The van der Waals surface area contributed by atoms with Gasteiger partial charge in [0, 0.05) is 12.5 Å². The zero-order chi connectivity index (χ0) is 12.8. The Balaban J connectivity index is 0.00000180. The number of likely N-dealkylation sites (tertiary alicyclic amines) is 1. The van der Waals surface area contributed by atoms with Crippen LogP contribution in [0.5, 0.6) is 0 Å². The average molecular weight is 286 g/mol. The van der Waals surface area contributed by atoms with Gasteiger partial charge in [0.2, 0.25) is 0 Å². The van der Waals surface area contributed by atoms with E-state index in [0.717, 1.165) is 31.4 Å². The van der Waals surface area contributed by atoms with Crippen molar-refractivity contribution in [1.82, 2.24) is 4.90 Å². The minimum absolute atomic E-state index is 0. The van der Waals surface area contributed by atoms with Gasteiger partial charge in [-0.05, 0) is 50.8 Å². The second kappa shape index (κ2) is 8.76. The Morgan fingerprint density at radius 3 is 2.68 bits per heavy atom. The predicted octanol–water partition coefficient (Wildman–Crippen LogP) is 3.99. The number of carbonyl (C=O) groups is 1. The number of halogens is 1. The van der Waals surface area contributed by atoms with E-state index in [1.807, 2.05) is 0 Å². The van der Waals surface area contributed by atoms with E-state index in [1.165, 1.54) is 45.2 Å². The van der Waals surface area contributed by atoms with Crippen molar-refractivity contribution in [3.63, 3.8) is 0 Å². The number of unbranched alkanes of at least 4 members (excludes halogenated alkanes) is 2. The second-order valence-electron chi connectivity index (χ2n) is 5.83. The van der Waals surface area contributed by atoms with Crippen LogP contribution < -0.4 is 0 Å². The first-order chi connectivity index (χ1) is 8.81. The highest BCUT2D eigenvalue weighted by Gasteiger charge is 2.30. The van der Waals surface area contributed by atoms with E-state index in [9.17, 15) is 4.79 Å². The molecule has 1 aliphatic carbocycles. The molecule has 2 fully saturated rings. The van der Waals surface area contributed by atoms with Crippen molar-refractivity contribution in [3.05, 3.63) is 11.6 Å². The molecule has 0 aromatic rings. The summed E-state index contributed by atoms with van der Waals surface area (Å²) in [5.74, 6) is 0.757. The number of hydrogen-bond donors (Lipinski definition) is 0. The van der Waals surface area contributed by atoms with Crippen molar-refractivity contribution in [2.45, 2.75) is 58.3 Å². The normalized spacial score (nSPS) is 26.7. The lowest BCUT2D eigenvalue weighted by Crippen LogP contribution is -2.35. The molecule has 2 rings (SSSR count). The Morgan fingerprint density at radius 2 is 2.00 bits per heavy atom. The SMILES string of the molecule is CCCCC=C1CCC(CN2CCCCC2)C1=O.Cl. The molecule has 0 spiro atoms. The van der Waals surface area contributed by atoms with Crippen LogP contribution in [0.15, 0.2) is 11.6 Å². The molecule has 1 unspecified atom stereocenters. The van der Waals surface area contributed by atoms with Gasteiger partial charge in [-0.15, -0.1) is 12.4 Å². The van der Waals surface area contributed by atoms with Gasteiger partial charge in [0.05, 0.1) is 0 Å². The summed E-state index contributed by atoms with van der Waals surface area (Å²) in [5, 5.41) is 0. The van der Waals surface area contributed by atoms with Crippen molar-refractivity contribution in [3.8, 4) is 0 Å². The summed E-state index contributed by atoms with van der Waals surface area (Å²) in [6.07, 6.45) is 11.9. The minimum Gasteiger partial charge on any atom is -0.303 e. The van der Waals surface area contributed by atoms with Gasteiger partial charge in [0.15, 0.2) is 5.78 Å². The highest BCUT2D eigenvalue weighted by atomic mass is 35.5. The second-order valence-corrected chi connectivity index (χ2v) is 5.83. The standard InChI is InChI=1S/C16H27NO.ClH/c1-2-3-5-8-14-9-10-15(16(14)18)13-17-11-6-4-7-12-17;/h8,15H,2-7,9-13H2,1H3;1H. The molecule has 3 heteroatoms. The third-order valence-corrected chi connectivity index (χ3v) is 4.33. The number of rotatable bonds is 5. The first kappa shape index (κ1) is 16.7. The first-order valence-corrected chi connectivity index (χ1v) is 7.77. The Kier molecular flexibility index (Phi) is 7.70. The molecular weight excluding hydrogens is 258 g/mol. The molecule has 0 amide bonds. The lowest BCUT2D eigenvalue weighted by molar-refractivity contribution is -0.118. The fourth-order valence-electron chi connectivity index (χ4n) is 3.16. The Morgan fingerprint density at radius 1 is 1.26 bits per heavy atom. The Hall–Kier alpha value is -0.340. The summed E-state index contributed by atoms with van der Waals surface area (Å²) in [4.78, 5) is 14.8. The van der Waals surface area contributed by atoms with Crippen LogP contribution in [-0.4, -0.2) is 30.3 Å². The van der Waals surface area contributed by atoms with Gasteiger partial charge in [-0.1, -0.05) is 32.3 Å². The largest absolute Gasteiger partial charge is 0.303 e. The molecule has 2 aliphatic rings. The molecule has 0 aromatic carbocycles. The summed E-state index contributed by atoms with van der Waals surface area (Å²) in [7, 11) is 0. The highest BCUT2D eigenvalue weighted by Crippen LogP contribution is 2.28. The molecule has 0 aromatic heterocycles. The molecule has 1 saturated heterocycles. The van der Waals surface area contributed by atoms with Gasteiger partial charge in [-0.25, -0.2) is 0 Å². The van der Waals surface area contributed by atoms with Crippen LogP contribution in [0.3, 0.4) is 0 Å². The highest BCUT2D eigenvalue weighted by molar-refractivity contribution is 5.99. The van der Waals surface area contributed by atoms with Crippen LogP contribution in [0.4, 0.5) is 0 Å². The number of carbonyl (C=O) groups excluding carboxylic acids is 1. The van der Waals surface area contributed by atoms with Crippen LogP contribution in [0.2, 0.25) is 0 Å². The van der Waals surface area contributed by atoms with E-state index in [2.05, 4.69) is 17.9 Å². The van der Waals surface area contributed by atoms with E-state index < -0.39 is 0 Å². The Bertz CT molecular complexity index is 308. The number of ketones is 1. The summed E-state index contributed by atoms with van der Waals surface area (Å²) in [6.45, 7) is 5.63. The monoisotopic (exact) mass is 285 g/mol. The third kappa shape index (κ3) is 4.92. The van der Waals surface area contributed by atoms with Gasteiger partial charge >= 0.3 is 0 Å². The molecule has 0 bridgehead atoms. The van der Waals surface area contributed by atoms with Crippen molar-refractivity contribution >= 4 is 18.2 Å². The van der Waals surface area contributed by atoms with Gasteiger partial charge in [0.25, 0.3) is 0 Å². The van der Waals surface area contributed by atoms with Gasteiger partial charge in [0.1, 0.15) is 0 Å². The van der Waals surface area contributed by atoms with Crippen LogP contribution in [0, 0.1) is 5.92 Å². The van der Waals surface area contributed by atoms with Crippen molar-refractivity contribution in [2.24, 2.45) is 5.92 Å². The van der Waals surface area contributed by atoms with Crippen LogP contribution in [0.1, 0.15) is 58.3 Å². The molecule has 1 heterocycles. The summed E-state index contributed by atoms with van der Waals surface area (Å²) in [6, 6.07) is 0. The van der Waals surface area contributed by atoms with E-state index in [1.54, 1.807) is 0 Å². The molecule has 1 atom stereocenters. The molecule has 110 valence electrons. The predicted molar refractivity (Wildman–Crippen MR) is 82.9 cm³/mol. The quantitative estimate of drug-likeness (QED) is 0.562. The third-order valence-electron chi connectivity index (χ3n) is 4.33. The first-order valence-electron chi connectivity index (χ1n) is 7.77. The molecular formula is C16H28ClNO. The lowest BCUT2D eigenvalue weighted by Gasteiger charge is -2.28. The average Bonchev–Trinajstić information content (AvgIpc) is 2.73. The topological polar surface area (TPSA) is 20.3 Å². The fourth-order valence-corrected chi connectivity index (χ4v) is 3.16. The maximum absolute atomic E-state index is 12.3. The molecule has 1 saturated carbocycles. The summed E-state index contributed by atoms with van der Waals surface area (Å²) >= 11 is 0. The zero-order valence-corrected chi connectivity index (χ0v) is 13.0. The summed E-state index contributed by atoms with van der Waals surface area (Å²) < 4.78 is 0. The minimum atomic E-state index is 0. The van der Waals surface area contributed by atoms with Crippen LogP contribution in [0.25, 0.3) is 0 Å². The maximum Gasteiger partial charge on any atom is 0.162 e. The molecule has 1 aliphatic heterocycles. The number of nitrogens with zero attached hydrogens (tertiary/aromatic N) is 1. The number of allylic oxidation sites excluding steroid dienone is 2. The van der Waals surface area contributed by atoms with Crippen LogP contribution >= 0.6 is 12.4 Å². The summed E-state index contributed by atoms with van der Waals surface area (Å²) in [5.41, 5.74) is 1.13. The lowest BCUT2D eigenvalue weighted by atomic mass is 10.0. The smallest absolute Gasteiger partial charge is 0.162 e. The van der Waals surface area contributed by atoms with Crippen molar-refractivity contribution in [2.75, 3.05) is 19.6 Å². The van der Waals surface area contributed by atoms with Crippen molar-refractivity contribution < 1.29 is 4.79 Å². The molecule has 0 radical (unpaired) electrons. The van der Waals surface area contributed by atoms with Gasteiger partial charge < -0.3 is 4.90 Å². The van der Waals surface area contributed by atoms with Crippen LogP contribution in [-0.2, 0) is 4.79 Å². The van der Waals surface area contributed by atoms with E-state index in [4.69, 9.17) is 0 Å². The van der Waals surface area contributed by atoms with E-state index in [-0.39, 0.29) is 12.4 Å². The maximum atomic E-state index is 12.3. The molecule has 19 heavy (non-hydrogen) atoms. The van der Waals surface area contributed by atoms with Crippen molar-refractivity contribution in [1.29, 1.82) is 0 Å². The number of piperidine rings is 1. The Labute approximate surface area is 124 Å². The molecule has 0 N–H and O–H groups in total. The van der Waals surface area contributed by atoms with Gasteiger partial charge in [-0.3, -0.25) is 4.79 Å². The number of hydrogen-bond acceptors (Lipinski definition) is 2. The van der Waals surface area contributed by atoms with E-state index in [0.29, 0.717) is 11.7 Å². The number of Topliss-reactive ketones (excluding diaryl/α,β-unsaturated/α-hetero) is 1. The molecule has 2 nitrogen and oxygen atoms in total.